The van der Waals surface area contributed by atoms with Gasteiger partial charge in [0.2, 0.25) is 0 Å². The summed E-state index contributed by atoms with van der Waals surface area (Å²) in [6, 6.07) is 12.4. The van der Waals surface area contributed by atoms with E-state index in [4.69, 9.17) is 9.26 Å². The van der Waals surface area contributed by atoms with Gasteiger partial charge in [-0.2, -0.15) is 0 Å². The van der Waals surface area contributed by atoms with E-state index in [-0.39, 0.29) is 30.1 Å². The third-order valence-corrected chi connectivity index (χ3v) is 4.78. The number of nitrogens with zero attached hydrogens (tertiary/aromatic N) is 2. The summed E-state index contributed by atoms with van der Waals surface area (Å²) in [5.41, 5.74) is 2.21. The number of aliphatic imine (C=N–C) groups is 1. The van der Waals surface area contributed by atoms with Crippen LogP contribution in [0.25, 0.3) is 0 Å². The van der Waals surface area contributed by atoms with Crippen LogP contribution in [0.1, 0.15) is 56.2 Å². The van der Waals surface area contributed by atoms with Gasteiger partial charge in [0, 0.05) is 31.7 Å². The highest BCUT2D eigenvalue weighted by atomic mass is 127. The van der Waals surface area contributed by atoms with Gasteiger partial charge in [-0.25, -0.2) is 4.99 Å². The van der Waals surface area contributed by atoms with Crippen LogP contribution in [0.4, 0.5) is 0 Å². The monoisotopic (exact) mass is 498 g/mol. The minimum absolute atomic E-state index is 0. The molecule has 0 spiro atoms. The van der Waals surface area contributed by atoms with E-state index in [1.54, 1.807) is 0 Å². The van der Waals surface area contributed by atoms with Crippen LogP contribution in [0.15, 0.2) is 45.9 Å². The second-order valence-corrected chi connectivity index (χ2v) is 7.20. The number of nitrogens with one attached hydrogen (secondary N) is 2. The molecule has 1 saturated heterocycles. The number of guanidine groups is 1. The lowest BCUT2D eigenvalue weighted by molar-refractivity contribution is 0.0915. The molecule has 2 atom stereocenters. The first-order chi connectivity index (χ1) is 13.2. The summed E-state index contributed by atoms with van der Waals surface area (Å²) in [5, 5.41) is 10.8. The van der Waals surface area contributed by atoms with Crippen molar-refractivity contribution < 1.29 is 9.26 Å². The molecule has 154 valence electrons. The van der Waals surface area contributed by atoms with Crippen molar-refractivity contribution in [1.29, 1.82) is 0 Å². The first kappa shape index (κ1) is 22.7. The highest BCUT2D eigenvalue weighted by molar-refractivity contribution is 14.0. The Morgan fingerprint density at radius 2 is 2.04 bits per heavy atom. The van der Waals surface area contributed by atoms with Crippen molar-refractivity contribution in [3.05, 3.63) is 53.4 Å². The summed E-state index contributed by atoms with van der Waals surface area (Å²) in [6.45, 7) is 9.16. The number of hydrogen-bond acceptors (Lipinski definition) is 4. The molecule has 0 aliphatic carbocycles. The zero-order valence-corrected chi connectivity index (χ0v) is 19.2. The Labute approximate surface area is 184 Å². The smallest absolute Gasteiger partial charge is 0.191 e. The van der Waals surface area contributed by atoms with Crippen molar-refractivity contribution in [2.75, 3.05) is 19.7 Å². The van der Waals surface area contributed by atoms with E-state index in [1.807, 2.05) is 12.1 Å². The largest absolute Gasteiger partial charge is 0.373 e. The van der Waals surface area contributed by atoms with Crippen molar-refractivity contribution in [2.24, 2.45) is 10.9 Å². The predicted molar refractivity (Wildman–Crippen MR) is 122 cm³/mol. The first-order valence-corrected chi connectivity index (χ1v) is 9.81. The average Bonchev–Trinajstić information content (AvgIpc) is 3.34. The molecule has 1 aliphatic rings. The molecule has 0 radical (unpaired) electrons. The Bertz CT molecular complexity index is 733. The van der Waals surface area contributed by atoms with Crippen molar-refractivity contribution in [1.82, 2.24) is 15.8 Å². The summed E-state index contributed by atoms with van der Waals surface area (Å²) in [5.74, 6) is 2.35. The fraction of sp³-hybridized carbons (Fsp3) is 0.524. The SMILES string of the molecule is CCNC(=NCc1cc(C(C)C)no1)NCC1CCOC1c1ccccc1.I. The highest BCUT2D eigenvalue weighted by Gasteiger charge is 2.29. The van der Waals surface area contributed by atoms with Gasteiger partial charge in [0.15, 0.2) is 11.7 Å². The molecule has 28 heavy (non-hydrogen) atoms. The van der Waals surface area contributed by atoms with Gasteiger partial charge in [-0.15, -0.1) is 24.0 Å². The zero-order valence-electron chi connectivity index (χ0n) is 16.9. The Hall–Kier alpha value is -1.61. The predicted octanol–water partition coefficient (Wildman–Crippen LogP) is 4.25. The molecule has 2 aromatic rings. The van der Waals surface area contributed by atoms with Crippen LogP contribution >= 0.6 is 24.0 Å². The fourth-order valence-corrected chi connectivity index (χ4v) is 3.26. The van der Waals surface area contributed by atoms with Crippen LogP contribution in [-0.2, 0) is 11.3 Å². The van der Waals surface area contributed by atoms with Crippen LogP contribution in [-0.4, -0.2) is 30.8 Å². The molecule has 6 nitrogen and oxygen atoms in total. The maximum absolute atomic E-state index is 5.97. The Balaban J connectivity index is 0.00000280. The number of ether oxygens (including phenoxy) is 1. The van der Waals surface area contributed by atoms with Crippen LogP contribution < -0.4 is 10.6 Å². The van der Waals surface area contributed by atoms with E-state index in [2.05, 4.69) is 65.8 Å². The summed E-state index contributed by atoms with van der Waals surface area (Å²) < 4.78 is 11.3. The van der Waals surface area contributed by atoms with Gasteiger partial charge in [0.05, 0.1) is 11.8 Å². The molecule has 2 N–H and O–H groups in total. The number of benzene rings is 1. The maximum Gasteiger partial charge on any atom is 0.191 e. The lowest BCUT2D eigenvalue weighted by atomic mass is 9.95. The molecule has 7 heteroatoms. The van der Waals surface area contributed by atoms with E-state index in [0.717, 1.165) is 43.5 Å². The first-order valence-electron chi connectivity index (χ1n) is 9.81. The summed E-state index contributed by atoms with van der Waals surface area (Å²) in [6.07, 6.45) is 1.19. The summed E-state index contributed by atoms with van der Waals surface area (Å²) in [7, 11) is 0. The van der Waals surface area contributed by atoms with Gasteiger partial charge in [-0.05, 0) is 24.8 Å². The maximum atomic E-state index is 5.97. The number of aromatic nitrogens is 1. The second-order valence-electron chi connectivity index (χ2n) is 7.20. The van der Waals surface area contributed by atoms with Crippen LogP contribution in [0.3, 0.4) is 0 Å². The third-order valence-electron chi connectivity index (χ3n) is 4.78. The number of rotatable bonds is 7. The van der Waals surface area contributed by atoms with Crippen LogP contribution in [0.5, 0.6) is 0 Å². The fourth-order valence-electron chi connectivity index (χ4n) is 3.26. The van der Waals surface area contributed by atoms with Gasteiger partial charge in [0.25, 0.3) is 0 Å². The molecule has 1 fully saturated rings. The van der Waals surface area contributed by atoms with E-state index in [1.165, 1.54) is 5.56 Å². The second kappa shape index (κ2) is 11.4. The van der Waals surface area contributed by atoms with Gasteiger partial charge in [-0.3, -0.25) is 0 Å². The van der Waals surface area contributed by atoms with Crippen LogP contribution in [0, 0.1) is 5.92 Å². The van der Waals surface area contributed by atoms with E-state index in [9.17, 15) is 0 Å². The Morgan fingerprint density at radius 1 is 1.25 bits per heavy atom. The molecule has 1 aliphatic heterocycles. The topological polar surface area (TPSA) is 71.7 Å². The normalized spacial score (nSPS) is 19.5. The minimum atomic E-state index is 0. The molecular formula is C21H31IN4O2. The highest BCUT2D eigenvalue weighted by Crippen LogP contribution is 2.33. The van der Waals surface area contributed by atoms with Gasteiger partial charge < -0.3 is 19.9 Å². The molecule has 1 aromatic carbocycles. The average molecular weight is 498 g/mol. The summed E-state index contributed by atoms with van der Waals surface area (Å²) in [4.78, 5) is 4.63. The molecule has 1 aromatic heterocycles. The third kappa shape index (κ3) is 6.20. The number of hydrogen-bond donors (Lipinski definition) is 2. The van der Waals surface area contributed by atoms with Crippen LogP contribution in [0.2, 0.25) is 0 Å². The quantitative estimate of drug-likeness (QED) is 0.340. The van der Waals surface area contributed by atoms with E-state index < -0.39 is 0 Å². The molecular weight excluding hydrogens is 467 g/mol. The van der Waals surface area contributed by atoms with E-state index in [0.29, 0.717) is 18.4 Å². The minimum Gasteiger partial charge on any atom is -0.373 e. The van der Waals surface area contributed by atoms with Gasteiger partial charge in [-0.1, -0.05) is 49.3 Å². The lowest BCUT2D eigenvalue weighted by Crippen LogP contribution is -2.40. The standard InChI is InChI=1S/C21H30N4O2.HI/c1-4-22-21(24-14-18-12-19(15(2)3)25-27-18)23-13-17-10-11-26-20(17)16-8-6-5-7-9-16;/h5-9,12,15,17,20H,4,10-11,13-14H2,1-3H3,(H2,22,23,24);1H. The molecule has 0 bridgehead atoms. The molecule has 2 unspecified atom stereocenters. The molecule has 3 rings (SSSR count). The molecule has 0 saturated carbocycles. The molecule has 2 heterocycles. The summed E-state index contributed by atoms with van der Waals surface area (Å²) >= 11 is 0. The van der Waals surface area contributed by atoms with Crippen molar-refractivity contribution in [2.45, 2.75) is 45.8 Å². The lowest BCUT2D eigenvalue weighted by Gasteiger charge is -2.20. The van der Waals surface area contributed by atoms with E-state index >= 15 is 0 Å². The molecule has 0 amide bonds. The Morgan fingerprint density at radius 3 is 2.71 bits per heavy atom. The number of halogens is 1. The Kier molecular flexibility index (Phi) is 9.24. The zero-order chi connectivity index (χ0) is 19.1. The van der Waals surface area contributed by atoms with Gasteiger partial charge in [0.1, 0.15) is 6.54 Å². The van der Waals surface area contributed by atoms with Crippen molar-refractivity contribution in [3.63, 3.8) is 0 Å². The van der Waals surface area contributed by atoms with Gasteiger partial charge >= 0.3 is 0 Å². The van der Waals surface area contributed by atoms with Crippen molar-refractivity contribution in [3.8, 4) is 0 Å². The van der Waals surface area contributed by atoms with Crippen molar-refractivity contribution >= 4 is 29.9 Å².